The number of carbonyl (C=O) groups is 2. The monoisotopic (exact) mass is 438 g/mol. The smallest absolute Gasteiger partial charge is 0.336 e. The van der Waals surface area contributed by atoms with E-state index in [4.69, 9.17) is 15.6 Å². The minimum absolute atomic E-state index is 0.400. The first-order valence-electron chi connectivity index (χ1n) is 10.9. The molecule has 0 aliphatic carbocycles. The standard InChI is InChI=1S/C13H17NO2.C11H13N3O2/c15-13(16)12-7-3-2-6-11(12)10-14-8-4-1-5-9-14;1-3-16-8-5-4-6-14-9(10(12)15)7(2)13-11(8)14/h2-3,6-7H,1,4-5,8-10H2,(H,15,16);4-6H,3H2,1-2H3,(H2,12,15). The fourth-order valence-electron chi connectivity index (χ4n) is 3.95. The van der Waals surface area contributed by atoms with Crippen LogP contribution in [0.2, 0.25) is 0 Å². The first kappa shape index (κ1) is 23.3. The molecule has 3 N–H and O–H groups in total. The van der Waals surface area contributed by atoms with E-state index >= 15 is 0 Å². The maximum Gasteiger partial charge on any atom is 0.336 e. The van der Waals surface area contributed by atoms with Gasteiger partial charge in [-0.1, -0.05) is 24.6 Å². The summed E-state index contributed by atoms with van der Waals surface area (Å²) in [6.45, 7) is 7.15. The summed E-state index contributed by atoms with van der Waals surface area (Å²) in [6.07, 6.45) is 5.51. The van der Waals surface area contributed by atoms with Gasteiger partial charge in [0, 0.05) is 12.7 Å². The summed E-state index contributed by atoms with van der Waals surface area (Å²) in [4.78, 5) is 29.0. The highest BCUT2D eigenvalue weighted by atomic mass is 16.5. The quantitative estimate of drug-likeness (QED) is 0.609. The third kappa shape index (κ3) is 5.45. The molecule has 1 saturated heterocycles. The highest BCUT2D eigenvalue weighted by Crippen LogP contribution is 2.21. The number of pyridine rings is 1. The Morgan fingerprint density at radius 1 is 1.12 bits per heavy atom. The fourth-order valence-corrected chi connectivity index (χ4v) is 3.95. The molecule has 1 fully saturated rings. The van der Waals surface area contributed by atoms with Gasteiger partial charge < -0.3 is 15.6 Å². The minimum Gasteiger partial charge on any atom is -0.490 e. The molecule has 3 aromatic rings. The lowest BCUT2D eigenvalue weighted by molar-refractivity contribution is 0.0693. The third-order valence-corrected chi connectivity index (χ3v) is 5.41. The predicted octanol–water partition coefficient (Wildman–Crippen LogP) is 3.51. The molecule has 0 bridgehead atoms. The van der Waals surface area contributed by atoms with E-state index in [0.29, 0.717) is 35.0 Å². The minimum atomic E-state index is -0.826. The van der Waals surface area contributed by atoms with Gasteiger partial charge >= 0.3 is 5.97 Å². The van der Waals surface area contributed by atoms with Crippen LogP contribution in [-0.4, -0.2) is 51.0 Å². The molecule has 1 amide bonds. The maximum absolute atomic E-state index is 11.3. The Labute approximate surface area is 187 Å². The van der Waals surface area contributed by atoms with E-state index in [9.17, 15) is 9.59 Å². The molecule has 0 radical (unpaired) electrons. The molecular weight excluding hydrogens is 408 g/mol. The zero-order valence-corrected chi connectivity index (χ0v) is 18.6. The number of imidazole rings is 1. The van der Waals surface area contributed by atoms with Crippen molar-refractivity contribution in [2.45, 2.75) is 39.7 Å². The summed E-state index contributed by atoms with van der Waals surface area (Å²) >= 11 is 0. The summed E-state index contributed by atoms with van der Waals surface area (Å²) in [6, 6.07) is 10.9. The number of amides is 1. The molecule has 3 heterocycles. The first-order chi connectivity index (χ1) is 15.4. The number of likely N-dealkylation sites (tertiary alicyclic amines) is 1. The number of hydrogen-bond acceptors (Lipinski definition) is 5. The molecule has 0 unspecified atom stereocenters. The number of carboxylic acid groups (broad SMARTS) is 1. The number of aromatic nitrogens is 2. The van der Waals surface area contributed by atoms with Crippen molar-refractivity contribution in [2.75, 3.05) is 19.7 Å². The van der Waals surface area contributed by atoms with Crippen molar-refractivity contribution >= 4 is 17.5 Å². The topological polar surface area (TPSA) is 110 Å². The summed E-state index contributed by atoms with van der Waals surface area (Å²) in [5.74, 6) is -0.660. The van der Waals surface area contributed by atoms with E-state index < -0.39 is 11.9 Å². The van der Waals surface area contributed by atoms with Crippen LogP contribution in [0.5, 0.6) is 5.75 Å². The van der Waals surface area contributed by atoms with Crippen molar-refractivity contribution < 1.29 is 19.4 Å². The van der Waals surface area contributed by atoms with Crippen LogP contribution in [0.25, 0.3) is 5.65 Å². The van der Waals surface area contributed by atoms with E-state index in [1.165, 1.54) is 19.3 Å². The van der Waals surface area contributed by atoms with Crippen molar-refractivity contribution in [2.24, 2.45) is 5.73 Å². The Morgan fingerprint density at radius 3 is 2.50 bits per heavy atom. The number of nitrogens with zero attached hydrogens (tertiary/aromatic N) is 3. The molecule has 0 spiro atoms. The Hall–Kier alpha value is -3.39. The van der Waals surface area contributed by atoms with Crippen LogP contribution in [0.15, 0.2) is 42.6 Å². The molecule has 32 heavy (non-hydrogen) atoms. The van der Waals surface area contributed by atoms with Crippen LogP contribution in [0, 0.1) is 6.92 Å². The molecule has 0 saturated carbocycles. The Balaban J connectivity index is 0.000000181. The molecule has 0 atom stereocenters. The predicted molar refractivity (Wildman–Crippen MR) is 122 cm³/mol. The average molecular weight is 439 g/mol. The van der Waals surface area contributed by atoms with Gasteiger partial charge in [0.2, 0.25) is 0 Å². The second-order valence-corrected chi connectivity index (χ2v) is 7.71. The summed E-state index contributed by atoms with van der Waals surface area (Å²) in [7, 11) is 0. The Morgan fingerprint density at radius 2 is 1.84 bits per heavy atom. The van der Waals surface area contributed by atoms with Crippen LogP contribution in [0.3, 0.4) is 0 Å². The van der Waals surface area contributed by atoms with E-state index in [1.807, 2.05) is 25.1 Å². The molecule has 1 aromatic carbocycles. The summed E-state index contributed by atoms with van der Waals surface area (Å²) < 4.78 is 7.09. The lowest BCUT2D eigenvalue weighted by atomic mass is 10.1. The number of ether oxygens (including phenoxy) is 1. The SMILES string of the molecule is CCOc1cccn2c(C(N)=O)c(C)nc12.O=C(O)c1ccccc1CN1CCCCC1. The molecule has 4 rings (SSSR count). The van der Waals surface area contributed by atoms with Gasteiger partial charge in [-0.25, -0.2) is 9.78 Å². The number of carboxylic acids is 1. The van der Waals surface area contributed by atoms with Crippen molar-refractivity contribution in [1.82, 2.24) is 14.3 Å². The molecule has 1 aliphatic heterocycles. The number of carbonyl (C=O) groups excluding carboxylic acids is 1. The maximum atomic E-state index is 11.3. The fraction of sp³-hybridized carbons (Fsp3) is 0.375. The first-order valence-corrected chi connectivity index (χ1v) is 10.9. The molecule has 8 nitrogen and oxygen atoms in total. The van der Waals surface area contributed by atoms with E-state index in [2.05, 4.69) is 9.88 Å². The number of rotatable bonds is 6. The van der Waals surface area contributed by atoms with Gasteiger partial charge in [-0.3, -0.25) is 14.1 Å². The van der Waals surface area contributed by atoms with Gasteiger partial charge in [-0.05, 0) is 63.5 Å². The second-order valence-electron chi connectivity index (χ2n) is 7.71. The van der Waals surface area contributed by atoms with Crippen molar-refractivity contribution in [3.63, 3.8) is 0 Å². The lowest BCUT2D eigenvalue weighted by Gasteiger charge is -2.26. The molecule has 2 aromatic heterocycles. The number of aromatic carboxylic acids is 1. The van der Waals surface area contributed by atoms with Gasteiger partial charge in [0.1, 0.15) is 5.69 Å². The normalized spacial score (nSPS) is 13.9. The second kappa shape index (κ2) is 10.8. The van der Waals surface area contributed by atoms with Crippen LogP contribution in [0.1, 0.15) is 58.3 Å². The number of benzene rings is 1. The van der Waals surface area contributed by atoms with Crippen molar-refractivity contribution in [3.8, 4) is 5.75 Å². The third-order valence-electron chi connectivity index (χ3n) is 5.41. The number of nitrogens with two attached hydrogens (primary N) is 1. The molecule has 8 heteroatoms. The van der Waals surface area contributed by atoms with E-state index in [-0.39, 0.29) is 0 Å². The largest absolute Gasteiger partial charge is 0.490 e. The van der Waals surface area contributed by atoms with Gasteiger partial charge in [0.25, 0.3) is 5.91 Å². The van der Waals surface area contributed by atoms with Crippen molar-refractivity contribution in [3.05, 3.63) is 65.1 Å². The number of hydrogen-bond donors (Lipinski definition) is 2. The van der Waals surface area contributed by atoms with Gasteiger partial charge in [0.15, 0.2) is 11.4 Å². The Bertz CT molecular complexity index is 1090. The zero-order valence-electron chi connectivity index (χ0n) is 18.6. The molecule has 170 valence electrons. The lowest BCUT2D eigenvalue weighted by Crippen LogP contribution is -2.29. The van der Waals surface area contributed by atoms with Crippen LogP contribution >= 0.6 is 0 Å². The number of fused-ring (bicyclic) bond motifs is 1. The van der Waals surface area contributed by atoms with Gasteiger partial charge in [0.05, 0.1) is 17.9 Å². The Kier molecular flexibility index (Phi) is 7.83. The summed E-state index contributed by atoms with van der Waals surface area (Å²) in [5.41, 5.74) is 8.31. The van der Waals surface area contributed by atoms with Crippen molar-refractivity contribution in [1.29, 1.82) is 0 Å². The van der Waals surface area contributed by atoms with E-state index in [1.54, 1.807) is 35.7 Å². The van der Waals surface area contributed by atoms with Gasteiger partial charge in [-0.2, -0.15) is 0 Å². The van der Waals surface area contributed by atoms with Crippen LogP contribution in [-0.2, 0) is 6.54 Å². The van der Waals surface area contributed by atoms with Crippen LogP contribution < -0.4 is 10.5 Å². The number of aryl methyl sites for hydroxylation is 1. The highest BCUT2D eigenvalue weighted by Gasteiger charge is 2.16. The zero-order chi connectivity index (χ0) is 23.1. The summed E-state index contributed by atoms with van der Waals surface area (Å²) in [5, 5.41) is 9.08. The van der Waals surface area contributed by atoms with Gasteiger partial charge in [-0.15, -0.1) is 0 Å². The number of primary amides is 1. The van der Waals surface area contributed by atoms with Crippen LogP contribution in [0.4, 0.5) is 0 Å². The number of piperidine rings is 1. The highest BCUT2D eigenvalue weighted by molar-refractivity contribution is 5.93. The van der Waals surface area contributed by atoms with E-state index in [0.717, 1.165) is 25.2 Å². The molecule has 1 aliphatic rings. The average Bonchev–Trinajstić information content (AvgIpc) is 3.12. The molecular formula is C24H30N4O4.